The van der Waals surface area contributed by atoms with E-state index in [1.165, 1.54) is 0 Å². The van der Waals surface area contributed by atoms with Gasteiger partial charge in [-0.25, -0.2) is 9.80 Å². The maximum atomic E-state index is 11.3. The van der Waals surface area contributed by atoms with Gasteiger partial charge in [0.05, 0.1) is 5.92 Å². The van der Waals surface area contributed by atoms with Crippen LogP contribution in [0.1, 0.15) is 0 Å². The Kier molecular flexibility index (Phi) is 3.48. The number of hydrogen-bond donors (Lipinski definition) is 3. The third-order valence-electron chi connectivity index (χ3n) is 2.19. The highest BCUT2D eigenvalue weighted by Gasteiger charge is 2.32. The van der Waals surface area contributed by atoms with Gasteiger partial charge in [-0.1, -0.05) is 0 Å². The Labute approximate surface area is 91.9 Å². The molecule has 3 N–H and O–H groups in total. The van der Waals surface area contributed by atoms with Gasteiger partial charge < -0.3 is 5.32 Å². The minimum absolute atomic E-state index is 0. The molecular weight excluding hydrogens is 224 g/mol. The van der Waals surface area contributed by atoms with E-state index in [4.69, 9.17) is 0 Å². The van der Waals surface area contributed by atoms with Crippen LogP contribution in [-0.2, 0) is 9.59 Å². The quantitative estimate of drug-likeness (QED) is 0.493. The van der Waals surface area contributed by atoms with Crippen LogP contribution in [0.5, 0.6) is 0 Å². The molecule has 0 bridgehead atoms. The van der Waals surface area contributed by atoms with E-state index in [1.54, 1.807) is 0 Å². The molecule has 0 aromatic rings. The van der Waals surface area contributed by atoms with Crippen LogP contribution in [-0.4, -0.2) is 42.5 Å². The molecule has 2 rings (SSSR count). The van der Waals surface area contributed by atoms with Gasteiger partial charge in [-0.2, -0.15) is 0 Å². The van der Waals surface area contributed by atoms with Gasteiger partial charge in [0.25, 0.3) is 0 Å². The van der Waals surface area contributed by atoms with Crippen molar-refractivity contribution in [3.8, 4) is 0 Å². The molecule has 2 aliphatic rings. The zero-order chi connectivity index (χ0) is 10.1. The van der Waals surface area contributed by atoms with E-state index in [1.807, 2.05) is 0 Å². The molecule has 0 saturated carbocycles. The maximum absolute atomic E-state index is 11.3. The first-order chi connectivity index (χ1) is 6.66. The first kappa shape index (κ1) is 11.7. The van der Waals surface area contributed by atoms with Crippen LogP contribution in [0.15, 0.2) is 0 Å². The summed E-state index contributed by atoms with van der Waals surface area (Å²) >= 11 is 0. The van der Waals surface area contributed by atoms with Crippen LogP contribution in [0.25, 0.3) is 0 Å². The third-order valence-corrected chi connectivity index (χ3v) is 2.19. The fourth-order valence-electron chi connectivity index (χ4n) is 1.23. The smallest absolute Gasteiger partial charge is 0.315 e. The van der Waals surface area contributed by atoms with Crippen molar-refractivity contribution in [1.29, 1.82) is 0 Å². The van der Waals surface area contributed by atoms with Crippen molar-refractivity contribution in [2.24, 2.45) is 5.92 Å². The Morgan fingerprint density at radius 2 is 2.07 bits per heavy atom. The second kappa shape index (κ2) is 4.45. The number of amides is 4. The van der Waals surface area contributed by atoms with Gasteiger partial charge in [0, 0.05) is 13.1 Å². The lowest BCUT2D eigenvalue weighted by atomic mass is 10.0. The number of imide groups is 1. The number of carbonyl (C=O) groups is 3. The monoisotopic (exact) mass is 234 g/mol. The molecule has 2 aliphatic heterocycles. The molecule has 0 spiro atoms. The fourth-order valence-corrected chi connectivity index (χ4v) is 1.23. The van der Waals surface area contributed by atoms with Crippen molar-refractivity contribution in [1.82, 2.24) is 21.1 Å². The summed E-state index contributed by atoms with van der Waals surface area (Å²) in [4.78, 5) is 33.1. The molecule has 2 heterocycles. The number of urea groups is 1. The van der Waals surface area contributed by atoms with Crippen molar-refractivity contribution in [2.75, 3.05) is 19.6 Å². The van der Waals surface area contributed by atoms with Crippen LogP contribution >= 0.6 is 12.4 Å². The summed E-state index contributed by atoms with van der Waals surface area (Å²) in [6, 6.07) is -0.573. The summed E-state index contributed by atoms with van der Waals surface area (Å²) in [5.41, 5.74) is 2.38. The first-order valence-electron chi connectivity index (χ1n) is 4.29. The van der Waals surface area contributed by atoms with E-state index < -0.39 is 11.9 Å². The van der Waals surface area contributed by atoms with Crippen molar-refractivity contribution in [3.05, 3.63) is 0 Å². The minimum atomic E-state index is -0.573. The number of halogens is 1. The summed E-state index contributed by atoms with van der Waals surface area (Å²) in [6.45, 7) is 1.13. The second-order valence-electron chi connectivity index (χ2n) is 3.27. The van der Waals surface area contributed by atoms with Gasteiger partial charge >= 0.3 is 6.03 Å². The first-order valence-corrected chi connectivity index (χ1v) is 4.29. The van der Waals surface area contributed by atoms with Gasteiger partial charge in [-0.3, -0.25) is 20.3 Å². The molecule has 0 aromatic heterocycles. The van der Waals surface area contributed by atoms with E-state index in [9.17, 15) is 14.4 Å². The summed E-state index contributed by atoms with van der Waals surface area (Å²) in [7, 11) is 0. The van der Waals surface area contributed by atoms with Gasteiger partial charge in [-0.15, -0.1) is 12.4 Å². The normalized spacial score (nSPS) is 20.4. The van der Waals surface area contributed by atoms with E-state index in [-0.39, 0.29) is 30.8 Å². The van der Waals surface area contributed by atoms with Crippen molar-refractivity contribution in [2.45, 2.75) is 0 Å². The highest BCUT2D eigenvalue weighted by molar-refractivity contribution is 6.02. The third kappa shape index (κ3) is 2.37. The molecule has 0 radical (unpaired) electrons. The molecule has 0 aliphatic carbocycles. The molecule has 7 nitrogen and oxygen atoms in total. The zero-order valence-electron chi connectivity index (χ0n) is 7.78. The lowest BCUT2D eigenvalue weighted by Crippen LogP contribution is -2.55. The summed E-state index contributed by atoms with van der Waals surface area (Å²) in [5.74, 6) is -0.728. The SMILES string of the molecule is Cl.O=C1CN(NC(=O)C2CNC2)C(=O)N1. The Bertz CT molecular complexity index is 305. The molecule has 84 valence electrons. The molecule has 2 fully saturated rings. The molecule has 4 amide bonds. The number of hydrazine groups is 1. The van der Waals surface area contributed by atoms with Gasteiger partial charge in [0.15, 0.2) is 0 Å². The Hall–Kier alpha value is -1.34. The molecule has 0 aromatic carbocycles. The topological polar surface area (TPSA) is 90.5 Å². The molecule has 2 saturated heterocycles. The van der Waals surface area contributed by atoms with Gasteiger partial charge in [0.2, 0.25) is 11.8 Å². The van der Waals surface area contributed by atoms with E-state index in [0.717, 1.165) is 5.01 Å². The number of hydrogen-bond acceptors (Lipinski definition) is 4. The lowest BCUT2D eigenvalue weighted by Gasteiger charge is -2.27. The predicted molar refractivity (Wildman–Crippen MR) is 52.0 cm³/mol. The zero-order valence-corrected chi connectivity index (χ0v) is 8.60. The highest BCUT2D eigenvalue weighted by Crippen LogP contribution is 2.03. The van der Waals surface area contributed by atoms with Gasteiger partial charge in [-0.05, 0) is 0 Å². The number of rotatable bonds is 2. The largest absolute Gasteiger partial charge is 0.343 e. The molecular formula is C7H11ClN4O3. The summed E-state index contributed by atoms with van der Waals surface area (Å²) < 4.78 is 0. The fraction of sp³-hybridized carbons (Fsp3) is 0.571. The lowest BCUT2D eigenvalue weighted by molar-refractivity contribution is -0.130. The average Bonchev–Trinajstić information content (AvgIpc) is 2.26. The molecule has 0 unspecified atom stereocenters. The Balaban J connectivity index is 0.00000112. The van der Waals surface area contributed by atoms with E-state index >= 15 is 0 Å². The molecule has 0 atom stereocenters. The van der Waals surface area contributed by atoms with Crippen molar-refractivity contribution < 1.29 is 14.4 Å². The number of nitrogens with zero attached hydrogens (tertiary/aromatic N) is 1. The summed E-state index contributed by atoms with van der Waals surface area (Å²) in [5, 5.41) is 5.99. The van der Waals surface area contributed by atoms with Crippen LogP contribution in [0.3, 0.4) is 0 Å². The molecule has 15 heavy (non-hydrogen) atoms. The standard InChI is InChI=1S/C7H10N4O3.ClH/c12-5-3-11(7(14)9-5)10-6(13)4-1-8-2-4;/h4,8H,1-3H2,(H,10,13)(H,9,12,14);1H. The highest BCUT2D eigenvalue weighted by atomic mass is 35.5. The number of carbonyl (C=O) groups excluding carboxylic acids is 3. The van der Waals surface area contributed by atoms with Crippen molar-refractivity contribution >= 4 is 30.3 Å². The maximum Gasteiger partial charge on any atom is 0.343 e. The summed E-state index contributed by atoms with van der Waals surface area (Å²) in [6.07, 6.45) is 0. The molecule has 8 heteroatoms. The van der Waals surface area contributed by atoms with E-state index in [0.29, 0.717) is 13.1 Å². The van der Waals surface area contributed by atoms with E-state index in [2.05, 4.69) is 16.1 Å². The predicted octanol–water partition coefficient (Wildman–Crippen LogP) is -1.79. The Morgan fingerprint density at radius 1 is 1.40 bits per heavy atom. The number of nitrogens with one attached hydrogen (secondary N) is 3. The van der Waals surface area contributed by atoms with Crippen LogP contribution in [0.4, 0.5) is 4.79 Å². The average molecular weight is 235 g/mol. The van der Waals surface area contributed by atoms with Crippen LogP contribution < -0.4 is 16.1 Å². The van der Waals surface area contributed by atoms with Crippen LogP contribution in [0, 0.1) is 5.92 Å². The Morgan fingerprint density at radius 3 is 2.47 bits per heavy atom. The van der Waals surface area contributed by atoms with Gasteiger partial charge in [0.1, 0.15) is 6.54 Å². The van der Waals surface area contributed by atoms with Crippen molar-refractivity contribution in [3.63, 3.8) is 0 Å². The second-order valence-corrected chi connectivity index (χ2v) is 3.27. The van der Waals surface area contributed by atoms with Crippen LogP contribution in [0.2, 0.25) is 0 Å². The minimum Gasteiger partial charge on any atom is -0.315 e.